The third kappa shape index (κ3) is 4.80. The van der Waals surface area contributed by atoms with Crippen LogP contribution in [-0.4, -0.2) is 30.9 Å². The lowest BCUT2D eigenvalue weighted by Crippen LogP contribution is -2.44. The number of rotatable bonds is 5. The zero-order valence-corrected chi connectivity index (χ0v) is 15.0. The van der Waals surface area contributed by atoms with Gasteiger partial charge in [0, 0.05) is 4.47 Å². The molecule has 1 aliphatic rings. The van der Waals surface area contributed by atoms with Crippen molar-refractivity contribution in [1.82, 2.24) is 5.32 Å². The van der Waals surface area contributed by atoms with E-state index >= 15 is 0 Å². The van der Waals surface area contributed by atoms with Crippen molar-refractivity contribution in [3.8, 4) is 11.5 Å². The fourth-order valence-corrected chi connectivity index (χ4v) is 2.30. The molecule has 0 spiro atoms. The first-order valence-electron chi connectivity index (χ1n) is 7.21. The number of hydrogen-bond acceptors (Lipinski definition) is 4. The van der Waals surface area contributed by atoms with Crippen LogP contribution in [0, 0.1) is 0 Å². The monoisotopic (exact) mass is 371 g/mol. The summed E-state index contributed by atoms with van der Waals surface area (Å²) in [6, 6.07) is 5.57. The molecule has 0 aromatic heterocycles. The minimum Gasteiger partial charge on any atom is -0.493 e. The Balaban J connectivity index is 1.94. The van der Waals surface area contributed by atoms with Crippen LogP contribution in [0.25, 0.3) is 0 Å². The Kier molecular flexibility index (Phi) is 4.90. The molecule has 0 bridgehead atoms. The summed E-state index contributed by atoms with van der Waals surface area (Å²) in [5, 5.41) is 2.91. The van der Waals surface area contributed by atoms with Crippen LogP contribution in [-0.2, 0) is 4.74 Å². The molecule has 0 radical (unpaired) electrons. The Morgan fingerprint density at radius 1 is 1.32 bits per heavy atom. The third-order valence-electron chi connectivity index (χ3n) is 3.25. The van der Waals surface area contributed by atoms with Crippen molar-refractivity contribution < 1.29 is 19.0 Å². The molecule has 1 aromatic rings. The summed E-state index contributed by atoms with van der Waals surface area (Å²) in [5.74, 6) is 1.31. The van der Waals surface area contributed by atoms with Gasteiger partial charge >= 0.3 is 6.09 Å². The number of carbonyl (C=O) groups is 1. The highest BCUT2D eigenvalue weighted by Crippen LogP contribution is 2.38. The second-order valence-corrected chi connectivity index (χ2v) is 7.41. The molecule has 1 amide bonds. The maximum atomic E-state index is 11.9. The lowest BCUT2D eigenvalue weighted by Gasteiger charge is -2.23. The van der Waals surface area contributed by atoms with Crippen LogP contribution in [0.3, 0.4) is 0 Å². The average molecular weight is 372 g/mol. The summed E-state index contributed by atoms with van der Waals surface area (Å²) in [5.41, 5.74) is -0.843. The van der Waals surface area contributed by atoms with Gasteiger partial charge in [-0.15, -0.1) is 0 Å². The van der Waals surface area contributed by atoms with Gasteiger partial charge < -0.3 is 19.5 Å². The van der Waals surface area contributed by atoms with E-state index in [0.717, 1.165) is 17.3 Å². The largest absolute Gasteiger partial charge is 0.493 e. The highest BCUT2D eigenvalue weighted by atomic mass is 79.9. The third-order valence-corrected chi connectivity index (χ3v) is 3.74. The average Bonchev–Trinajstić information content (AvgIpc) is 3.14. The van der Waals surface area contributed by atoms with E-state index in [0.29, 0.717) is 18.1 Å². The number of methoxy groups -OCH3 is 1. The van der Waals surface area contributed by atoms with Crippen LogP contribution in [0.5, 0.6) is 11.5 Å². The number of ether oxygens (including phenoxy) is 3. The van der Waals surface area contributed by atoms with E-state index in [1.807, 2.05) is 39.0 Å². The maximum absolute atomic E-state index is 11.9. The van der Waals surface area contributed by atoms with Crippen molar-refractivity contribution in [2.45, 2.75) is 44.8 Å². The van der Waals surface area contributed by atoms with Crippen molar-refractivity contribution in [3.63, 3.8) is 0 Å². The number of hydrogen-bond donors (Lipinski definition) is 1. The molecule has 1 aliphatic carbocycles. The molecule has 1 N–H and O–H groups in total. The quantitative estimate of drug-likeness (QED) is 0.852. The molecule has 122 valence electrons. The van der Waals surface area contributed by atoms with Crippen LogP contribution in [0.2, 0.25) is 0 Å². The first kappa shape index (κ1) is 16.9. The Bertz CT molecular complexity index is 550. The van der Waals surface area contributed by atoms with Crippen molar-refractivity contribution in [1.29, 1.82) is 0 Å². The Morgan fingerprint density at radius 2 is 2.00 bits per heavy atom. The van der Waals surface area contributed by atoms with E-state index in [1.165, 1.54) is 0 Å². The minimum atomic E-state index is -0.505. The molecule has 5 nitrogen and oxygen atoms in total. The van der Waals surface area contributed by atoms with Gasteiger partial charge in [0.25, 0.3) is 0 Å². The predicted molar refractivity (Wildman–Crippen MR) is 87.5 cm³/mol. The molecule has 0 saturated heterocycles. The second kappa shape index (κ2) is 6.36. The van der Waals surface area contributed by atoms with Crippen LogP contribution in [0.15, 0.2) is 22.7 Å². The van der Waals surface area contributed by atoms with Gasteiger partial charge in [-0.1, -0.05) is 15.9 Å². The summed E-state index contributed by atoms with van der Waals surface area (Å²) in [4.78, 5) is 11.9. The van der Waals surface area contributed by atoms with Gasteiger partial charge in [0.1, 0.15) is 12.2 Å². The molecule has 1 aromatic carbocycles. The summed E-state index contributed by atoms with van der Waals surface area (Å²) in [6.07, 6.45) is 1.35. The number of nitrogens with one attached hydrogen (secondary N) is 1. The molecule has 1 fully saturated rings. The SMILES string of the molecule is COc1ccc(Br)cc1OCC1(NC(=O)OC(C)(C)C)CC1. The van der Waals surface area contributed by atoms with Crippen LogP contribution >= 0.6 is 15.9 Å². The fourth-order valence-electron chi connectivity index (χ4n) is 1.96. The maximum Gasteiger partial charge on any atom is 0.408 e. The molecule has 0 heterocycles. The number of amides is 1. The molecule has 6 heteroatoms. The van der Waals surface area contributed by atoms with Gasteiger partial charge in [0.15, 0.2) is 11.5 Å². The fraction of sp³-hybridized carbons (Fsp3) is 0.562. The lowest BCUT2D eigenvalue weighted by molar-refractivity contribution is 0.0476. The van der Waals surface area contributed by atoms with Crippen molar-refractivity contribution in [3.05, 3.63) is 22.7 Å². The molecule has 0 unspecified atom stereocenters. The first-order valence-corrected chi connectivity index (χ1v) is 8.00. The number of halogens is 1. The van der Waals surface area contributed by atoms with Crippen LogP contribution in [0.4, 0.5) is 4.79 Å². The predicted octanol–water partition coefficient (Wildman–Crippen LogP) is 3.89. The van der Waals surface area contributed by atoms with Crippen molar-refractivity contribution >= 4 is 22.0 Å². The molecule has 22 heavy (non-hydrogen) atoms. The Morgan fingerprint density at radius 3 is 2.55 bits per heavy atom. The summed E-state index contributed by atoms with van der Waals surface area (Å²) in [6.45, 7) is 5.91. The molecule has 1 saturated carbocycles. The van der Waals surface area contributed by atoms with Gasteiger partial charge in [0.2, 0.25) is 0 Å². The van der Waals surface area contributed by atoms with E-state index in [-0.39, 0.29) is 5.54 Å². The molecule has 0 aliphatic heterocycles. The first-order chi connectivity index (χ1) is 10.2. The summed E-state index contributed by atoms with van der Waals surface area (Å²) < 4.78 is 17.3. The second-order valence-electron chi connectivity index (χ2n) is 6.49. The number of carbonyl (C=O) groups excluding carboxylic acids is 1. The highest BCUT2D eigenvalue weighted by Gasteiger charge is 2.46. The summed E-state index contributed by atoms with van der Waals surface area (Å²) in [7, 11) is 1.60. The van der Waals surface area contributed by atoms with Gasteiger partial charge in [-0.3, -0.25) is 0 Å². The molecule has 0 atom stereocenters. The van der Waals surface area contributed by atoms with Crippen molar-refractivity contribution in [2.24, 2.45) is 0 Å². The normalized spacial score (nSPS) is 15.9. The molecular weight excluding hydrogens is 350 g/mol. The molecule has 2 rings (SSSR count). The number of benzene rings is 1. The zero-order valence-electron chi connectivity index (χ0n) is 13.4. The van der Waals surface area contributed by atoms with E-state index in [2.05, 4.69) is 21.2 Å². The van der Waals surface area contributed by atoms with Crippen molar-refractivity contribution in [2.75, 3.05) is 13.7 Å². The topological polar surface area (TPSA) is 56.8 Å². The van der Waals surface area contributed by atoms with Crippen LogP contribution < -0.4 is 14.8 Å². The Hall–Kier alpha value is -1.43. The van der Waals surface area contributed by atoms with E-state index < -0.39 is 11.7 Å². The van der Waals surface area contributed by atoms with Gasteiger partial charge in [-0.05, 0) is 51.8 Å². The standard InChI is InChI=1S/C16H22BrNO4/c1-15(2,3)22-14(19)18-16(7-8-16)10-21-13-9-11(17)5-6-12(13)20-4/h5-6,9H,7-8,10H2,1-4H3,(H,18,19). The summed E-state index contributed by atoms with van der Waals surface area (Å²) >= 11 is 3.41. The Labute approximate surface area is 139 Å². The van der Waals surface area contributed by atoms with Gasteiger partial charge in [0.05, 0.1) is 12.6 Å². The van der Waals surface area contributed by atoms with Crippen LogP contribution in [0.1, 0.15) is 33.6 Å². The molecular formula is C16H22BrNO4. The van der Waals surface area contributed by atoms with E-state index in [9.17, 15) is 4.79 Å². The number of alkyl carbamates (subject to hydrolysis) is 1. The van der Waals surface area contributed by atoms with Gasteiger partial charge in [-0.2, -0.15) is 0 Å². The zero-order chi connectivity index (χ0) is 16.4. The highest BCUT2D eigenvalue weighted by molar-refractivity contribution is 9.10. The van der Waals surface area contributed by atoms with E-state index in [4.69, 9.17) is 14.2 Å². The lowest BCUT2D eigenvalue weighted by atomic mass is 10.2. The smallest absolute Gasteiger partial charge is 0.408 e. The van der Waals surface area contributed by atoms with Gasteiger partial charge in [-0.25, -0.2) is 4.79 Å². The van der Waals surface area contributed by atoms with E-state index in [1.54, 1.807) is 7.11 Å². The minimum absolute atomic E-state index is 0.338.